The average molecular weight is 343 g/mol. The first kappa shape index (κ1) is 19.1. The Balaban J connectivity index is 2.18. The summed E-state index contributed by atoms with van der Waals surface area (Å²) in [5.74, 6) is 1.56. The number of furan rings is 1. The number of rotatable bonds is 8. The van der Waals surface area contributed by atoms with E-state index in [2.05, 4.69) is 12.2 Å². The number of amides is 1. The highest BCUT2D eigenvalue weighted by molar-refractivity contribution is 5.97. The summed E-state index contributed by atoms with van der Waals surface area (Å²) in [5, 5.41) is 4.01. The summed E-state index contributed by atoms with van der Waals surface area (Å²) in [7, 11) is 1.63. The number of hydrogen-bond acceptors (Lipinski definition) is 3. The third-order valence-electron chi connectivity index (χ3n) is 4.60. The van der Waals surface area contributed by atoms with Gasteiger partial charge in [0.25, 0.3) is 0 Å². The van der Waals surface area contributed by atoms with E-state index >= 15 is 0 Å². The number of carbonyl (C=O) groups is 1. The molecule has 1 N–H and O–H groups in total. The topological polar surface area (TPSA) is 51.5 Å². The van der Waals surface area contributed by atoms with Crippen molar-refractivity contribution < 1.29 is 13.9 Å². The highest BCUT2D eigenvalue weighted by atomic mass is 16.5. The van der Waals surface area contributed by atoms with E-state index in [-0.39, 0.29) is 5.91 Å². The Kier molecular flexibility index (Phi) is 6.68. The van der Waals surface area contributed by atoms with Crippen LogP contribution in [-0.4, -0.2) is 19.6 Å². The quantitative estimate of drug-likeness (QED) is 0.532. The third-order valence-corrected chi connectivity index (χ3v) is 4.60. The molecule has 0 radical (unpaired) electrons. The summed E-state index contributed by atoms with van der Waals surface area (Å²) in [6.07, 6.45) is 6.23. The van der Waals surface area contributed by atoms with E-state index in [0.29, 0.717) is 5.75 Å². The van der Waals surface area contributed by atoms with E-state index < -0.39 is 0 Å². The first-order valence-electron chi connectivity index (χ1n) is 9.02. The number of aryl methyl sites for hydroxylation is 2. The van der Waals surface area contributed by atoms with Crippen LogP contribution in [0.4, 0.5) is 0 Å². The van der Waals surface area contributed by atoms with Crippen LogP contribution < -0.4 is 10.1 Å². The molecule has 1 heterocycles. The van der Waals surface area contributed by atoms with Crippen LogP contribution in [0.3, 0.4) is 0 Å². The SMILES string of the molecule is CCCCCCNC(=O)/C=C(\C)c1cc2c(C)c(C)oc2cc1OC. The molecule has 0 spiro atoms. The van der Waals surface area contributed by atoms with Crippen LogP contribution >= 0.6 is 0 Å². The number of benzene rings is 1. The van der Waals surface area contributed by atoms with Gasteiger partial charge in [0.1, 0.15) is 17.1 Å². The molecule has 4 nitrogen and oxygen atoms in total. The molecule has 1 amide bonds. The zero-order chi connectivity index (χ0) is 18.4. The van der Waals surface area contributed by atoms with Crippen molar-refractivity contribution in [3.63, 3.8) is 0 Å². The first-order chi connectivity index (χ1) is 12.0. The maximum Gasteiger partial charge on any atom is 0.244 e. The predicted molar refractivity (Wildman–Crippen MR) is 103 cm³/mol. The fraction of sp³-hybridized carbons (Fsp3) is 0.476. The van der Waals surface area contributed by atoms with Gasteiger partial charge < -0.3 is 14.5 Å². The van der Waals surface area contributed by atoms with Gasteiger partial charge in [-0.1, -0.05) is 26.2 Å². The van der Waals surface area contributed by atoms with E-state index in [1.54, 1.807) is 13.2 Å². The Labute approximate surface area is 150 Å². The Bertz CT molecular complexity index is 771. The number of unbranched alkanes of at least 4 members (excludes halogenated alkanes) is 3. The van der Waals surface area contributed by atoms with Crippen molar-refractivity contribution in [1.82, 2.24) is 5.32 Å². The fourth-order valence-corrected chi connectivity index (χ4v) is 2.94. The van der Waals surface area contributed by atoms with Crippen LogP contribution in [0.15, 0.2) is 22.6 Å². The Morgan fingerprint density at radius 1 is 1.24 bits per heavy atom. The monoisotopic (exact) mass is 343 g/mol. The highest BCUT2D eigenvalue weighted by Gasteiger charge is 2.14. The van der Waals surface area contributed by atoms with Gasteiger partial charge >= 0.3 is 0 Å². The van der Waals surface area contributed by atoms with E-state index in [1.807, 2.05) is 32.9 Å². The van der Waals surface area contributed by atoms with Gasteiger partial charge in [0.2, 0.25) is 5.91 Å². The van der Waals surface area contributed by atoms with Gasteiger partial charge in [-0.3, -0.25) is 4.79 Å². The van der Waals surface area contributed by atoms with Crippen molar-refractivity contribution >= 4 is 22.4 Å². The molecular formula is C21H29NO3. The molecule has 0 aliphatic heterocycles. The molecule has 1 aromatic heterocycles. The van der Waals surface area contributed by atoms with Gasteiger partial charge in [0.15, 0.2) is 0 Å². The molecule has 2 aromatic rings. The Morgan fingerprint density at radius 2 is 2.00 bits per heavy atom. The van der Waals surface area contributed by atoms with Crippen LogP contribution in [0.1, 0.15) is 56.4 Å². The lowest BCUT2D eigenvalue weighted by Crippen LogP contribution is -2.22. The fourth-order valence-electron chi connectivity index (χ4n) is 2.94. The summed E-state index contributed by atoms with van der Waals surface area (Å²) in [6, 6.07) is 3.94. The lowest BCUT2D eigenvalue weighted by molar-refractivity contribution is -0.116. The van der Waals surface area contributed by atoms with Gasteiger partial charge in [0.05, 0.1) is 7.11 Å². The summed E-state index contributed by atoms with van der Waals surface area (Å²) < 4.78 is 11.3. The van der Waals surface area contributed by atoms with Crippen LogP contribution in [-0.2, 0) is 4.79 Å². The maximum absolute atomic E-state index is 12.1. The van der Waals surface area contributed by atoms with E-state index in [0.717, 1.165) is 52.8 Å². The number of fused-ring (bicyclic) bond motifs is 1. The van der Waals surface area contributed by atoms with Gasteiger partial charge in [-0.05, 0) is 44.4 Å². The van der Waals surface area contributed by atoms with Crippen molar-refractivity contribution in [2.45, 2.75) is 53.4 Å². The smallest absolute Gasteiger partial charge is 0.244 e. The molecule has 0 atom stereocenters. The summed E-state index contributed by atoms with van der Waals surface area (Å²) in [4.78, 5) is 12.1. The van der Waals surface area contributed by atoms with Gasteiger partial charge in [-0.15, -0.1) is 0 Å². The minimum Gasteiger partial charge on any atom is -0.496 e. The largest absolute Gasteiger partial charge is 0.496 e. The molecule has 25 heavy (non-hydrogen) atoms. The van der Waals surface area contributed by atoms with Crippen molar-refractivity contribution in [1.29, 1.82) is 0 Å². The van der Waals surface area contributed by atoms with Crippen molar-refractivity contribution in [2.24, 2.45) is 0 Å². The highest BCUT2D eigenvalue weighted by Crippen LogP contribution is 2.34. The molecule has 136 valence electrons. The predicted octanol–water partition coefficient (Wildman–Crippen LogP) is 5.16. The molecule has 0 saturated heterocycles. The average Bonchev–Trinajstić information content (AvgIpc) is 2.87. The summed E-state index contributed by atoms with van der Waals surface area (Å²) in [5.41, 5.74) is 3.72. The normalized spacial score (nSPS) is 11.8. The lowest BCUT2D eigenvalue weighted by atomic mass is 10.0. The molecule has 0 aliphatic rings. The second-order valence-corrected chi connectivity index (χ2v) is 6.51. The van der Waals surface area contributed by atoms with E-state index in [4.69, 9.17) is 9.15 Å². The number of nitrogens with one attached hydrogen (secondary N) is 1. The molecule has 1 aromatic carbocycles. The molecular weight excluding hydrogens is 314 g/mol. The Hall–Kier alpha value is -2.23. The van der Waals surface area contributed by atoms with E-state index in [9.17, 15) is 4.79 Å². The van der Waals surface area contributed by atoms with E-state index in [1.165, 1.54) is 12.8 Å². The number of ether oxygens (including phenoxy) is 1. The van der Waals surface area contributed by atoms with Crippen LogP contribution in [0, 0.1) is 13.8 Å². The van der Waals surface area contributed by atoms with Gasteiger partial charge in [-0.25, -0.2) is 0 Å². The molecule has 2 rings (SSSR count). The lowest BCUT2D eigenvalue weighted by Gasteiger charge is -2.10. The third kappa shape index (κ3) is 4.65. The van der Waals surface area contributed by atoms with Crippen molar-refractivity contribution in [3.8, 4) is 5.75 Å². The number of carbonyl (C=O) groups excluding carboxylic acids is 1. The maximum atomic E-state index is 12.1. The summed E-state index contributed by atoms with van der Waals surface area (Å²) >= 11 is 0. The van der Waals surface area contributed by atoms with Crippen molar-refractivity contribution in [2.75, 3.05) is 13.7 Å². The standard InChI is InChI=1S/C21H29NO3/c1-6-7-8-9-10-22-21(23)11-14(2)17-12-18-15(3)16(4)25-20(18)13-19(17)24-5/h11-13H,6-10H2,1-5H3,(H,22,23)/b14-11+. The molecule has 0 bridgehead atoms. The first-order valence-corrected chi connectivity index (χ1v) is 9.02. The molecule has 0 fully saturated rings. The minimum atomic E-state index is -0.0590. The second kappa shape index (κ2) is 8.75. The molecule has 0 unspecified atom stereocenters. The zero-order valence-corrected chi connectivity index (χ0v) is 16.0. The molecule has 0 saturated carbocycles. The number of hydrogen-bond donors (Lipinski definition) is 1. The summed E-state index contributed by atoms with van der Waals surface area (Å²) in [6.45, 7) is 8.83. The zero-order valence-electron chi connectivity index (χ0n) is 16.0. The number of allylic oxidation sites excluding steroid dienone is 1. The van der Waals surface area contributed by atoms with Crippen LogP contribution in [0.5, 0.6) is 5.75 Å². The Morgan fingerprint density at radius 3 is 2.68 bits per heavy atom. The van der Waals surface area contributed by atoms with Crippen LogP contribution in [0.2, 0.25) is 0 Å². The van der Waals surface area contributed by atoms with Gasteiger partial charge in [0, 0.05) is 29.6 Å². The number of methoxy groups -OCH3 is 1. The van der Waals surface area contributed by atoms with Crippen LogP contribution in [0.25, 0.3) is 16.5 Å². The minimum absolute atomic E-state index is 0.0590. The van der Waals surface area contributed by atoms with Gasteiger partial charge in [-0.2, -0.15) is 0 Å². The second-order valence-electron chi connectivity index (χ2n) is 6.51. The molecule has 4 heteroatoms. The molecule has 0 aliphatic carbocycles. The van der Waals surface area contributed by atoms with Crippen molar-refractivity contribution in [3.05, 3.63) is 35.1 Å².